The number of hydrogen-bond acceptors (Lipinski definition) is 5. The van der Waals surface area contributed by atoms with Gasteiger partial charge in [0.05, 0.1) is 4.88 Å². The van der Waals surface area contributed by atoms with E-state index >= 15 is 0 Å². The molecule has 0 saturated heterocycles. The number of carbonyl (C=O) groups excluding carboxylic acids is 1. The Kier molecular flexibility index (Phi) is 3.86. The van der Waals surface area contributed by atoms with Gasteiger partial charge in [-0.05, 0) is 30.4 Å². The molecule has 2 aromatic rings. The minimum absolute atomic E-state index is 0.100. The second-order valence-corrected chi connectivity index (χ2v) is 5.62. The smallest absolute Gasteiger partial charge is 0.267 e. The summed E-state index contributed by atoms with van der Waals surface area (Å²) in [6.45, 7) is 4.02. The Balaban J connectivity index is 2.05. The predicted octanol–water partition coefficient (Wildman–Crippen LogP) is 3.11. The van der Waals surface area contributed by atoms with Gasteiger partial charge in [-0.2, -0.15) is 0 Å². The molecule has 6 heteroatoms. The first kappa shape index (κ1) is 12.2. The summed E-state index contributed by atoms with van der Waals surface area (Å²) < 4.78 is 0. The van der Waals surface area contributed by atoms with Gasteiger partial charge in [0.2, 0.25) is 5.13 Å². The normalized spacial score (nSPS) is 10.5. The molecule has 1 N–H and O–H groups in total. The molecule has 17 heavy (non-hydrogen) atoms. The third-order valence-corrected chi connectivity index (χ3v) is 4.13. The SMILES string of the molecule is CCCc1nnc(NC(=O)c2sccc2C)s1. The van der Waals surface area contributed by atoms with Crippen LogP contribution in [0.3, 0.4) is 0 Å². The van der Waals surface area contributed by atoms with E-state index in [1.165, 1.54) is 22.7 Å². The summed E-state index contributed by atoms with van der Waals surface area (Å²) in [5.41, 5.74) is 0.991. The highest BCUT2D eigenvalue weighted by Gasteiger charge is 2.13. The molecule has 2 aromatic heterocycles. The minimum atomic E-state index is -0.100. The second-order valence-electron chi connectivity index (χ2n) is 3.64. The van der Waals surface area contributed by atoms with Gasteiger partial charge in [-0.1, -0.05) is 18.3 Å². The van der Waals surface area contributed by atoms with E-state index < -0.39 is 0 Å². The van der Waals surface area contributed by atoms with Gasteiger partial charge in [0.15, 0.2) is 0 Å². The van der Waals surface area contributed by atoms with Crippen molar-refractivity contribution in [3.8, 4) is 0 Å². The number of aromatic nitrogens is 2. The highest BCUT2D eigenvalue weighted by atomic mass is 32.1. The number of nitrogens with zero attached hydrogens (tertiary/aromatic N) is 2. The van der Waals surface area contributed by atoms with E-state index in [1.807, 2.05) is 18.4 Å². The molecule has 90 valence electrons. The van der Waals surface area contributed by atoms with Crippen LogP contribution in [-0.2, 0) is 6.42 Å². The first-order chi connectivity index (χ1) is 8.20. The van der Waals surface area contributed by atoms with Gasteiger partial charge in [0.25, 0.3) is 5.91 Å². The largest absolute Gasteiger partial charge is 0.296 e. The number of rotatable bonds is 4. The second kappa shape index (κ2) is 5.37. The zero-order valence-corrected chi connectivity index (χ0v) is 11.3. The maximum absolute atomic E-state index is 11.9. The first-order valence-corrected chi connectivity index (χ1v) is 7.08. The fourth-order valence-electron chi connectivity index (χ4n) is 1.38. The maximum Gasteiger partial charge on any atom is 0.267 e. The molecule has 1 amide bonds. The molecule has 0 bridgehead atoms. The van der Waals surface area contributed by atoms with Crippen LogP contribution in [0.5, 0.6) is 0 Å². The van der Waals surface area contributed by atoms with Crippen molar-refractivity contribution in [1.29, 1.82) is 0 Å². The van der Waals surface area contributed by atoms with Crippen LogP contribution in [0.4, 0.5) is 5.13 Å². The lowest BCUT2D eigenvalue weighted by Crippen LogP contribution is -2.10. The summed E-state index contributed by atoms with van der Waals surface area (Å²) in [4.78, 5) is 12.6. The first-order valence-electron chi connectivity index (χ1n) is 5.38. The summed E-state index contributed by atoms with van der Waals surface area (Å²) in [5, 5.41) is 14.2. The molecule has 2 rings (SSSR count). The number of carbonyl (C=O) groups is 1. The molecule has 0 unspecified atom stereocenters. The molecule has 2 heterocycles. The summed E-state index contributed by atoms with van der Waals surface area (Å²) in [7, 11) is 0. The highest BCUT2D eigenvalue weighted by Crippen LogP contribution is 2.20. The van der Waals surface area contributed by atoms with E-state index in [4.69, 9.17) is 0 Å². The lowest BCUT2D eigenvalue weighted by atomic mass is 10.3. The molecule has 0 fully saturated rings. The van der Waals surface area contributed by atoms with Crippen LogP contribution in [-0.4, -0.2) is 16.1 Å². The van der Waals surface area contributed by atoms with Gasteiger partial charge in [-0.25, -0.2) is 0 Å². The topological polar surface area (TPSA) is 54.9 Å². The van der Waals surface area contributed by atoms with Crippen molar-refractivity contribution in [2.45, 2.75) is 26.7 Å². The Labute approximate surface area is 108 Å². The zero-order chi connectivity index (χ0) is 12.3. The Morgan fingerprint density at radius 1 is 1.47 bits per heavy atom. The Morgan fingerprint density at radius 2 is 2.29 bits per heavy atom. The van der Waals surface area contributed by atoms with Crippen molar-refractivity contribution >= 4 is 33.7 Å². The number of hydrogen-bond donors (Lipinski definition) is 1. The average Bonchev–Trinajstić information content (AvgIpc) is 2.88. The molecular formula is C11H13N3OS2. The third-order valence-electron chi connectivity index (χ3n) is 2.22. The number of aryl methyl sites for hydroxylation is 2. The van der Waals surface area contributed by atoms with Gasteiger partial charge in [0.1, 0.15) is 5.01 Å². The van der Waals surface area contributed by atoms with Crippen LogP contribution in [0.1, 0.15) is 33.6 Å². The van der Waals surface area contributed by atoms with Crippen LogP contribution >= 0.6 is 22.7 Å². The van der Waals surface area contributed by atoms with Gasteiger partial charge < -0.3 is 0 Å². The van der Waals surface area contributed by atoms with Gasteiger partial charge in [-0.15, -0.1) is 21.5 Å². The predicted molar refractivity (Wildman–Crippen MR) is 70.9 cm³/mol. The Bertz CT molecular complexity index is 518. The molecule has 0 aromatic carbocycles. The van der Waals surface area contributed by atoms with Gasteiger partial charge in [0, 0.05) is 6.42 Å². The van der Waals surface area contributed by atoms with E-state index in [0.717, 1.165) is 28.3 Å². The van der Waals surface area contributed by atoms with Crippen molar-refractivity contribution in [2.24, 2.45) is 0 Å². The van der Waals surface area contributed by atoms with E-state index in [2.05, 4.69) is 22.4 Å². The lowest BCUT2D eigenvalue weighted by Gasteiger charge is -1.98. The van der Waals surface area contributed by atoms with Crippen LogP contribution in [0.25, 0.3) is 0 Å². The number of thiophene rings is 1. The lowest BCUT2D eigenvalue weighted by molar-refractivity contribution is 0.103. The fraction of sp³-hybridized carbons (Fsp3) is 0.364. The van der Waals surface area contributed by atoms with E-state index in [9.17, 15) is 4.79 Å². The van der Waals surface area contributed by atoms with Crippen molar-refractivity contribution in [3.63, 3.8) is 0 Å². The van der Waals surface area contributed by atoms with Crippen molar-refractivity contribution < 1.29 is 4.79 Å². The monoisotopic (exact) mass is 267 g/mol. The minimum Gasteiger partial charge on any atom is -0.296 e. The zero-order valence-electron chi connectivity index (χ0n) is 9.69. The molecule has 0 spiro atoms. The van der Waals surface area contributed by atoms with Crippen LogP contribution < -0.4 is 5.32 Å². The molecular weight excluding hydrogens is 254 g/mol. The summed E-state index contributed by atoms with van der Waals surface area (Å²) in [6, 6.07) is 1.93. The number of nitrogens with one attached hydrogen (secondary N) is 1. The third kappa shape index (κ3) is 2.89. The van der Waals surface area contributed by atoms with Crippen LogP contribution in [0.2, 0.25) is 0 Å². The van der Waals surface area contributed by atoms with Crippen LogP contribution in [0, 0.1) is 6.92 Å². The molecule has 0 saturated carbocycles. The van der Waals surface area contributed by atoms with Crippen molar-refractivity contribution in [3.05, 3.63) is 26.9 Å². The van der Waals surface area contributed by atoms with E-state index in [-0.39, 0.29) is 5.91 Å². The standard InChI is InChI=1S/C11H13N3OS2/c1-3-4-8-13-14-11(17-8)12-10(15)9-7(2)5-6-16-9/h5-6H,3-4H2,1-2H3,(H,12,14,15). The highest BCUT2D eigenvalue weighted by molar-refractivity contribution is 7.15. The van der Waals surface area contributed by atoms with Crippen LogP contribution in [0.15, 0.2) is 11.4 Å². The molecule has 0 aliphatic carbocycles. The van der Waals surface area contributed by atoms with E-state index in [1.54, 1.807) is 0 Å². The van der Waals surface area contributed by atoms with E-state index in [0.29, 0.717) is 5.13 Å². The summed E-state index contributed by atoms with van der Waals surface area (Å²) >= 11 is 2.88. The summed E-state index contributed by atoms with van der Waals surface area (Å²) in [6.07, 6.45) is 1.94. The maximum atomic E-state index is 11.9. The molecule has 0 atom stereocenters. The van der Waals surface area contributed by atoms with Crippen molar-refractivity contribution in [2.75, 3.05) is 5.32 Å². The molecule has 4 nitrogen and oxygen atoms in total. The Morgan fingerprint density at radius 3 is 2.94 bits per heavy atom. The number of anilines is 1. The fourth-order valence-corrected chi connectivity index (χ4v) is 3.03. The average molecular weight is 267 g/mol. The van der Waals surface area contributed by atoms with Gasteiger partial charge >= 0.3 is 0 Å². The van der Waals surface area contributed by atoms with Gasteiger partial charge in [-0.3, -0.25) is 10.1 Å². The molecule has 0 aliphatic heterocycles. The van der Waals surface area contributed by atoms with Crippen molar-refractivity contribution in [1.82, 2.24) is 10.2 Å². The Hall–Kier alpha value is -1.27. The number of amides is 1. The summed E-state index contributed by atoms with van der Waals surface area (Å²) in [5.74, 6) is -0.100. The molecule has 0 aliphatic rings. The molecule has 0 radical (unpaired) electrons. The quantitative estimate of drug-likeness (QED) is 0.926.